The zero-order valence-electron chi connectivity index (χ0n) is 9.95. The molecule has 15 heavy (non-hydrogen) atoms. The summed E-state index contributed by atoms with van der Waals surface area (Å²) < 4.78 is 1.99. The Hall–Kier alpha value is -0.870. The maximum absolute atomic E-state index is 5.41. The van der Waals surface area contributed by atoms with E-state index in [0.29, 0.717) is 0 Å². The maximum atomic E-state index is 5.41. The summed E-state index contributed by atoms with van der Waals surface area (Å²) in [6, 6.07) is 0. The Labute approximate surface area is 91.8 Å². The quantitative estimate of drug-likeness (QED) is 0.715. The lowest BCUT2D eigenvalue weighted by atomic mass is 10.1. The molecule has 0 bridgehead atoms. The summed E-state index contributed by atoms with van der Waals surface area (Å²) in [6.45, 7) is 9.02. The van der Waals surface area contributed by atoms with E-state index in [9.17, 15) is 0 Å². The fourth-order valence-electron chi connectivity index (χ4n) is 1.28. The van der Waals surface area contributed by atoms with E-state index in [1.165, 1.54) is 5.56 Å². The first-order chi connectivity index (χ1) is 7.04. The van der Waals surface area contributed by atoms with Gasteiger partial charge in [-0.1, -0.05) is 0 Å². The highest BCUT2D eigenvalue weighted by atomic mass is 15.3. The SMILES string of the molecule is CC(C)(C)n1cc(CNCCCN)cn1. The van der Waals surface area contributed by atoms with Crippen LogP contribution in [-0.4, -0.2) is 22.9 Å². The van der Waals surface area contributed by atoms with E-state index in [1.807, 2.05) is 10.9 Å². The zero-order chi connectivity index (χ0) is 11.3. The second-order valence-corrected chi connectivity index (χ2v) is 4.78. The lowest BCUT2D eigenvalue weighted by molar-refractivity contribution is 0.355. The van der Waals surface area contributed by atoms with Crippen LogP contribution in [0.1, 0.15) is 32.8 Å². The van der Waals surface area contributed by atoms with Gasteiger partial charge in [-0.3, -0.25) is 4.68 Å². The third-order valence-corrected chi connectivity index (χ3v) is 2.21. The molecule has 3 N–H and O–H groups in total. The molecule has 0 spiro atoms. The van der Waals surface area contributed by atoms with Crippen LogP contribution < -0.4 is 11.1 Å². The van der Waals surface area contributed by atoms with Gasteiger partial charge in [0.05, 0.1) is 11.7 Å². The zero-order valence-corrected chi connectivity index (χ0v) is 9.95. The highest BCUT2D eigenvalue weighted by Crippen LogP contribution is 2.12. The van der Waals surface area contributed by atoms with Crippen molar-refractivity contribution in [1.29, 1.82) is 0 Å². The fourth-order valence-corrected chi connectivity index (χ4v) is 1.28. The van der Waals surface area contributed by atoms with Crippen molar-refractivity contribution in [3.63, 3.8) is 0 Å². The van der Waals surface area contributed by atoms with Gasteiger partial charge >= 0.3 is 0 Å². The minimum atomic E-state index is 0.0650. The van der Waals surface area contributed by atoms with Gasteiger partial charge in [-0.15, -0.1) is 0 Å². The van der Waals surface area contributed by atoms with E-state index >= 15 is 0 Å². The summed E-state index contributed by atoms with van der Waals surface area (Å²) in [5, 5.41) is 7.67. The molecule has 4 heteroatoms. The number of nitrogens with zero attached hydrogens (tertiary/aromatic N) is 2. The summed E-state index contributed by atoms with van der Waals surface area (Å²) >= 11 is 0. The lowest BCUT2D eigenvalue weighted by Crippen LogP contribution is -2.22. The van der Waals surface area contributed by atoms with Crippen molar-refractivity contribution in [3.8, 4) is 0 Å². The average molecular weight is 210 g/mol. The Morgan fingerprint density at radius 1 is 1.47 bits per heavy atom. The van der Waals surface area contributed by atoms with Crippen molar-refractivity contribution < 1.29 is 0 Å². The van der Waals surface area contributed by atoms with Crippen LogP contribution in [-0.2, 0) is 12.1 Å². The van der Waals surface area contributed by atoms with Crippen LogP contribution >= 0.6 is 0 Å². The van der Waals surface area contributed by atoms with Gasteiger partial charge < -0.3 is 11.1 Å². The molecule has 0 amide bonds. The molecule has 1 rings (SSSR count). The Bertz CT molecular complexity index is 285. The summed E-state index contributed by atoms with van der Waals surface area (Å²) in [4.78, 5) is 0. The molecule has 1 aromatic heterocycles. The number of rotatable bonds is 5. The molecule has 4 nitrogen and oxygen atoms in total. The first-order valence-corrected chi connectivity index (χ1v) is 5.49. The molecule has 0 aromatic carbocycles. The van der Waals surface area contributed by atoms with E-state index in [0.717, 1.165) is 26.1 Å². The number of aromatic nitrogens is 2. The fraction of sp³-hybridized carbons (Fsp3) is 0.727. The second kappa shape index (κ2) is 5.28. The summed E-state index contributed by atoms with van der Waals surface area (Å²) in [5.41, 5.74) is 6.70. The van der Waals surface area contributed by atoms with Gasteiger partial charge in [-0.25, -0.2) is 0 Å². The minimum absolute atomic E-state index is 0.0650. The monoisotopic (exact) mass is 210 g/mol. The van der Waals surface area contributed by atoms with Gasteiger partial charge in [0.1, 0.15) is 0 Å². The van der Waals surface area contributed by atoms with Crippen LogP contribution in [0.2, 0.25) is 0 Å². The van der Waals surface area contributed by atoms with E-state index < -0.39 is 0 Å². The smallest absolute Gasteiger partial charge is 0.0543 e. The molecule has 0 radical (unpaired) electrons. The molecule has 0 fully saturated rings. The van der Waals surface area contributed by atoms with Crippen molar-refractivity contribution in [1.82, 2.24) is 15.1 Å². The molecule has 0 atom stereocenters. The predicted molar refractivity (Wildman–Crippen MR) is 62.6 cm³/mol. The van der Waals surface area contributed by atoms with Crippen LogP contribution in [0.15, 0.2) is 12.4 Å². The largest absolute Gasteiger partial charge is 0.330 e. The van der Waals surface area contributed by atoms with Crippen molar-refractivity contribution in [2.75, 3.05) is 13.1 Å². The predicted octanol–water partition coefficient (Wildman–Crippen LogP) is 1.08. The van der Waals surface area contributed by atoms with Gasteiger partial charge in [0, 0.05) is 18.3 Å². The topological polar surface area (TPSA) is 55.9 Å². The number of hydrogen-bond acceptors (Lipinski definition) is 3. The Morgan fingerprint density at radius 2 is 2.20 bits per heavy atom. The van der Waals surface area contributed by atoms with E-state index in [1.54, 1.807) is 0 Å². The summed E-state index contributed by atoms with van der Waals surface area (Å²) in [5.74, 6) is 0. The maximum Gasteiger partial charge on any atom is 0.0543 e. The average Bonchev–Trinajstić information content (AvgIpc) is 2.60. The summed E-state index contributed by atoms with van der Waals surface area (Å²) in [7, 11) is 0. The standard InChI is InChI=1S/C11H22N4/c1-11(2,3)15-9-10(8-14-15)7-13-6-4-5-12/h8-9,13H,4-7,12H2,1-3H3. The van der Waals surface area contributed by atoms with Crippen molar-refractivity contribution >= 4 is 0 Å². The molecule has 86 valence electrons. The lowest BCUT2D eigenvalue weighted by Gasteiger charge is -2.18. The van der Waals surface area contributed by atoms with Crippen LogP contribution in [0.25, 0.3) is 0 Å². The van der Waals surface area contributed by atoms with Crippen molar-refractivity contribution in [2.45, 2.75) is 39.3 Å². The molecule has 0 aliphatic rings. The van der Waals surface area contributed by atoms with Crippen molar-refractivity contribution in [3.05, 3.63) is 18.0 Å². The first kappa shape index (κ1) is 12.2. The van der Waals surface area contributed by atoms with E-state index in [-0.39, 0.29) is 5.54 Å². The molecule has 1 aromatic rings. The van der Waals surface area contributed by atoms with Crippen LogP contribution in [0.4, 0.5) is 0 Å². The molecule has 0 saturated heterocycles. The molecule has 1 heterocycles. The first-order valence-electron chi connectivity index (χ1n) is 5.49. The Kier molecular flexibility index (Phi) is 4.29. The van der Waals surface area contributed by atoms with Crippen LogP contribution in [0, 0.1) is 0 Å². The minimum Gasteiger partial charge on any atom is -0.330 e. The highest BCUT2D eigenvalue weighted by molar-refractivity contribution is 5.04. The Balaban J connectivity index is 2.40. The van der Waals surface area contributed by atoms with Gasteiger partial charge in [-0.2, -0.15) is 5.10 Å². The van der Waals surface area contributed by atoms with Crippen molar-refractivity contribution in [2.24, 2.45) is 5.73 Å². The van der Waals surface area contributed by atoms with Gasteiger partial charge in [0.2, 0.25) is 0 Å². The highest BCUT2D eigenvalue weighted by Gasteiger charge is 2.13. The number of hydrogen-bond donors (Lipinski definition) is 2. The number of nitrogens with one attached hydrogen (secondary N) is 1. The molecule has 0 aliphatic carbocycles. The summed E-state index contributed by atoms with van der Waals surface area (Å²) in [6.07, 6.45) is 5.03. The molecule has 0 aliphatic heterocycles. The Morgan fingerprint density at radius 3 is 2.73 bits per heavy atom. The molecular formula is C11H22N4. The van der Waals surface area contributed by atoms with Gasteiger partial charge in [-0.05, 0) is 40.3 Å². The van der Waals surface area contributed by atoms with Gasteiger partial charge in [0.15, 0.2) is 0 Å². The van der Waals surface area contributed by atoms with Crippen LogP contribution in [0.5, 0.6) is 0 Å². The normalized spacial score (nSPS) is 12.0. The second-order valence-electron chi connectivity index (χ2n) is 4.78. The van der Waals surface area contributed by atoms with E-state index in [4.69, 9.17) is 5.73 Å². The van der Waals surface area contributed by atoms with Gasteiger partial charge in [0.25, 0.3) is 0 Å². The molecule has 0 saturated carbocycles. The third kappa shape index (κ3) is 4.01. The molecule has 0 unspecified atom stereocenters. The van der Waals surface area contributed by atoms with E-state index in [2.05, 4.69) is 37.4 Å². The van der Waals surface area contributed by atoms with Crippen LogP contribution in [0.3, 0.4) is 0 Å². The number of nitrogens with two attached hydrogens (primary N) is 1. The molecular weight excluding hydrogens is 188 g/mol. The third-order valence-electron chi connectivity index (χ3n) is 2.21.